The van der Waals surface area contributed by atoms with Gasteiger partial charge in [-0.3, -0.25) is 4.79 Å². The van der Waals surface area contributed by atoms with Crippen LogP contribution in [0.25, 0.3) is 10.8 Å². The van der Waals surface area contributed by atoms with Gasteiger partial charge < -0.3 is 4.57 Å². The molecular weight excluding hydrogens is 246 g/mol. The number of hydrogen-bond donors (Lipinski definition) is 0. The molecule has 1 aromatic carbocycles. The van der Waals surface area contributed by atoms with Crippen LogP contribution in [0.15, 0.2) is 46.8 Å². The maximum Gasteiger partial charge on any atom is 0.258 e. The molecule has 1 saturated carbocycles. The summed E-state index contributed by atoms with van der Waals surface area (Å²) in [5.41, 5.74) is 2.89. The van der Waals surface area contributed by atoms with Crippen molar-refractivity contribution in [3.8, 4) is 0 Å². The molecule has 1 aliphatic carbocycles. The topological polar surface area (TPSA) is 22.0 Å². The Labute approximate surface area is 119 Å². The minimum absolute atomic E-state index is 0.134. The molecule has 20 heavy (non-hydrogen) atoms. The largest absolute Gasteiger partial charge is 0.315 e. The van der Waals surface area contributed by atoms with Crippen LogP contribution in [-0.2, 0) is 7.05 Å². The van der Waals surface area contributed by atoms with E-state index in [2.05, 4.69) is 19.1 Å². The third-order valence-electron chi connectivity index (χ3n) is 4.64. The van der Waals surface area contributed by atoms with Gasteiger partial charge in [-0.05, 0) is 56.0 Å². The van der Waals surface area contributed by atoms with E-state index in [1.54, 1.807) is 5.57 Å². The summed E-state index contributed by atoms with van der Waals surface area (Å²) in [7, 11) is 1.91. The zero-order valence-corrected chi connectivity index (χ0v) is 12.2. The molecule has 1 heterocycles. The molecule has 0 saturated heterocycles. The Morgan fingerprint density at radius 2 is 1.90 bits per heavy atom. The predicted molar refractivity (Wildman–Crippen MR) is 84.2 cm³/mol. The Kier molecular flexibility index (Phi) is 3.47. The van der Waals surface area contributed by atoms with Crippen molar-refractivity contribution in [2.24, 2.45) is 7.05 Å². The van der Waals surface area contributed by atoms with Gasteiger partial charge in [0.25, 0.3) is 5.56 Å². The van der Waals surface area contributed by atoms with Crippen LogP contribution in [0.4, 0.5) is 0 Å². The Morgan fingerprint density at radius 3 is 2.60 bits per heavy atom. The zero-order chi connectivity index (χ0) is 14.1. The molecule has 0 amide bonds. The number of hydrogen-bond acceptors (Lipinski definition) is 1. The van der Waals surface area contributed by atoms with E-state index in [-0.39, 0.29) is 5.56 Å². The van der Waals surface area contributed by atoms with Crippen molar-refractivity contribution < 1.29 is 0 Å². The first-order valence-electron chi connectivity index (χ1n) is 7.43. The summed E-state index contributed by atoms with van der Waals surface area (Å²) >= 11 is 0. The fraction of sp³-hybridized carbons (Fsp3) is 0.389. The van der Waals surface area contributed by atoms with E-state index in [4.69, 9.17) is 0 Å². The average Bonchev–Trinajstić information content (AvgIpc) is 2.51. The summed E-state index contributed by atoms with van der Waals surface area (Å²) in [6.07, 6.45) is 6.90. The van der Waals surface area contributed by atoms with Crippen molar-refractivity contribution in [3.63, 3.8) is 0 Å². The molecule has 2 heteroatoms. The second-order valence-corrected chi connectivity index (χ2v) is 5.74. The highest BCUT2D eigenvalue weighted by atomic mass is 16.1. The molecule has 0 radical (unpaired) electrons. The first-order chi connectivity index (χ1) is 9.70. The Bertz CT molecular complexity index is 714. The molecule has 0 unspecified atom stereocenters. The van der Waals surface area contributed by atoms with Gasteiger partial charge in [-0.1, -0.05) is 29.8 Å². The summed E-state index contributed by atoms with van der Waals surface area (Å²) in [6, 6.07) is 10.1. The van der Waals surface area contributed by atoms with Crippen molar-refractivity contribution in [3.05, 3.63) is 58.0 Å². The lowest BCUT2D eigenvalue weighted by Crippen LogP contribution is -2.23. The van der Waals surface area contributed by atoms with Gasteiger partial charge in [-0.15, -0.1) is 0 Å². The van der Waals surface area contributed by atoms with E-state index >= 15 is 0 Å². The second-order valence-electron chi connectivity index (χ2n) is 5.74. The maximum atomic E-state index is 12.5. The number of aromatic nitrogens is 1. The lowest BCUT2D eigenvalue weighted by Gasteiger charge is -2.26. The van der Waals surface area contributed by atoms with Crippen LogP contribution in [0.5, 0.6) is 0 Å². The number of fused-ring (bicyclic) bond motifs is 1. The minimum atomic E-state index is 0.134. The highest BCUT2D eigenvalue weighted by molar-refractivity contribution is 5.81. The van der Waals surface area contributed by atoms with Crippen LogP contribution in [-0.4, -0.2) is 4.57 Å². The van der Waals surface area contributed by atoms with Gasteiger partial charge in [0.2, 0.25) is 0 Å². The predicted octanol–water partition coefficient (Wildman–Crippen LogP) is 4.14. The minimum Gasteiger partial charge on any atom is -0.315 e. The van der Waals surface area contributed by atoms with Gasteiger partial charge in [-0.2, -0.15) is 0 Å². The molecule has 1 fully saturated rings. The Morgan fingerprint density at radius 1 is 1.20 bits per heavy atom. The lowest BCUT2D eigenvalue weighted by molar-refractivity contribution is 0.489. The molecule has 2 aromatic rings. The summed E-state index contributed by atoms with van der Waals surface area (Å²) in [4.78, 5) is 12.5. The Hall–Kier alpha value is -1.83. The van der Waals surface area contributed by atoms with Gasteiger partial charge in [0.15, 0.2) is 0 Å². The van der Waals surface area contributed by atoms with Crippen LogP contribution >= 0.6 is 0 Å². The average molecular weight is 267 g/mol. The van der Waals surface area contributed by atoms with E-state index in [0.29, 0.717) is 5.92 Å². The van der Waals surface area contributed by atoms with Gasteiger partial charge in [0, 0.05) is 18.1 Å². The van der Waals surface area contributed by atoms with Crippen LogP contribution in [0.1, 0.15) is 44.2 Å². The van der Waals surface area contributed by atoms with Crippen molar-refractivity contribution >= 4 is 10.8 Å². The highest BCUT2D eigenvalue weighted by Crippen LogP contribution is 2.35. The molecule has 1 aromatic heterocycles. The quantitative estimate of drug-likeness (QED) is 0.712. The van der Waals surface area contributed by atoms with Crippen LogP contribution in [0, 0.1) is 0 Å². The smallest absolute Gasteiger partial charge is 0.258 e. The summed E-state index contributed by atoms with van der Waals surface area (Å²) in [5.74, 6) is 0.515. The fourth-order valence-corrected chi connectivity index (χ4v) is 3.34. The van der Waals surface area contributed by atoms with E-state index in [0.717, 1.165) is 23.6 Å². The SMILES string of the molecule is CC=C1CCC(c2cc3ccccc3c(=O)n2C)CC1. The molecule has 2 nitrogen and oxygen atoms in total. The summed E-state index contributed by atoms with van der Waals surface area (Å²) < 4.78 is 1.85. The van der Waals surface area contributed by atoms with E-state index in [1.807, 2.05) is 35.9 Å². The maximum absolute atomic E-state index is 12.5. The number of rotatable bonds is 1. The van der Waals surface area contributed by atoms with Crippen molar-refractivity contribution in [2.75, 3.05) is 0 Å². The summed E-state index contributed by atoms with van der Waals surface area (Å²) in [5, 5.41) is 1.89. The normalized spacial score (nSPS) is 19.3. The van der Waals surface area contributed by atoms with Crippen molar-refractivity contribution in [2.45, 2.75) is 38.5 Å². The molecule has 0 atom stereocenters. The number of benzene rings is 1. The molecule has 3 rings (SSSR count). The van der Waals surface area contributed by atoms with Crippen LogP contribution < -0.4 is 5.56 Å². The molecule has 0 aliphatic heterocycles. The van der Waals surface area contributed by atoms with Crippen LogP contribution in [0.2, 0.25) is 0 Å². The van der Waals surface area contributed by atoms with Crippen molar-refractivity contribution in [1.29, 1.82) is 0 Å². The van der Waals surface area contributed by atoms with E-state index in [9.17, 15) is 4.79 Å². The third kappa shape index (κ3) is 2.20. The van der Waals surface area contributed by atoms with Gasteiger partial charge in [-0.25, -0.2) is 0 Å². The number of nitrogens with zero attached hydrogens (tertiary/aromatic N) is 1. The molecule has 104 valence electrons. The third-order valence-corrected chi connectivity index (χ3v) is 4.64. The second kappa shape index (κ2) is 5.28. The first kappa shape index (κ1) is 13.2. The van der Waals surface area contributed by atoms with Gasteiger partial charge in [0.1, 0.15) is 0 Å². The summed E-state index contributed by atoms with van der Waals surface area (Å²) in [6.45, 7) is 2.13. The van der Waals surface area contributed by atoms with Gasteiger partial charge in [0.05, 0.1) is 0 Å². The van der Waals surface area contributed by atoms with Gasteiger partial charge >= 0.3 is 0 Å². The number of pyridine rings is 1. The standard InChI is InChI=1S/C18H21NO/c1-3-13-8-10-14(11-9-13)17-12-15-6-4-5-7-16(15)18(20)19(17)2/h3-7,12,14H,8-11H2,1-2H3. The molecule has 0 bridgehead atoms. The Balaban J connectivity index is 2.04. The van der Waals surface area contributed by atoms with E-state index < -0.39 is 0 Å². The highest BCUT2D eigenvalue weighted by Gasteiger charge is 2.21. The van der Waals surface area contributed by atoms with Crippen LogP contribution in [0.3, 0.4) is 0 Å². The van der Waals surface area contributed by atoms with E-state index in [1.165, 1.54) is 18.5 Å². The number of allylic oxidation sites excluding steroid dienone is 2. The molecule has 0 spiro atoms. The molecule has 1 aliphatic rings. The first-order valence-corrected chi connectivity index (χ1v) is 7.43. The zero-order valence-electron chi connectivity index (χ0n) is 12.2. The lowest BCUT2D eigenvalue weighted by atomic mass is 9.83. The molecular formula is C18H21NO. The molecule has 0 N–H and O–H groups in total. The van der Waals surface area contributed by atoms with Crippen molar-refractivity contribution in [1.82, 2.24) is 4.57 Å². The fourth-order valence-electron chi connectivity index (χ4n) is 3.34. The monoisotopic (exact) mass is 267 g/mol.